The van der Waals surface area contributed by atoms with Gasteiger partial charge in [-0.15, -0.1) is 0 Å². The fraction of sp³-hybridized carbons (Fsp3) is 0. The van der Waals surface area contributed by atoms with Gasteiger partial charge in [-0.2, -0.15) is 0 Å². The summed E-state index contributed by atoms with van der Waals surface area (Å²) in [5, 5.41) is 0.0596. The van der Waals surface area contributed by atoms with Crippen LogP contribution in [0.1, 0.15) is 0 Å². The van der Waals surface area contributed by atoms with Crippen molar-refractivity contribution in [2.75, 3.05) is 4.72 Å². The van der Waals surface area contributed by atoms with E-state index in [1.165, 1.54) is 24.3 Å². The summed E-state index contributed by atoms with van der Waals surface area (Å²) >= 11 is 17.2. The van der Waals surface area contributed by atoms with Gasteiger partial charge in [-0.05, 0) is 36.4 Å². The number of anilines is 1. The summed E-state index contributed by atoms with van der Waals surface area (Å²) < 4.78 is 39.6. The smallest absolute Gasteiger partial charge is 0.263 e. The van der Waals surface area contributed by atoms with Crippen molar-refractivity contribution in [3.8, 4) is 0 Å². The van der Waals surface area contributed by atoms with Gasteiger partial charge >= 0.3 is 0 Å². The third-order valence-electron chi connectivity index (χ3n) is 2.35. The normalized spacial score (nSPS) is 11.4. The standard InChI is InChI=1S/C12H7Cl3FNO2S/c13-7-1-3-9(14)12(5-7)20(18,19)17-8-2-4-11(16)10(15)6-8/h1-6,17H. The molecule has 0 fully saturated rings. The van der Waals surface area contributed by atoms with Crippen LogP contribution in [0.5, 0.6) is 0 Å². The first-order chi connectivity index (χ1) is 9.29. The lowest BCUT2D eigenvalue weighted by Crippen LogP contribution is -2.13. The molecule has 0 aromatic heterocycles. The molecule has 0 atom stereocenters. The van der Waals surface area contributed by atoms with E-state index >= 15 is 0 Å². The van der Waals surface area contributed by atoms with Crippen LogP contribution in [0.25, 0.3) is 0 Å². The maximum Gasteiger partial charge on any atom is 0.263 e. The predicted molar refractivity (Wildman–Crippen MR) is 78.7 cm³/mol. The van der Waals surface area contributed by atoms with Gasteiger partial charge in [-0.3, -0.25) is 4.72 Å². The number of benzene rings is 2. The molecule has 2 rings (SSSR count). The number of rotatable bonds is 3. The molecule has 0 aliphatic carbocycles. The molecule has 0 aliphatic heterocycles. The third-order valence-corrected chi connectivity index (χ3v) is 4.74. The maximum absolute atomic E-state index is 13.0. The number of sulfonamides is 1. The molecule has 0 bridgehead atoms. The Balaban J connectivity index is 2.40. The Morgan fingerprint density at radius 1 is 0.950 bits per heavy atom. The van der Waals surface area contributed by atoms with Crippen LogP contribution < -0.4 is 4.72 Å². The summed E-state index contributed by atoms with van der Waals surface area (Å²) in [4.78, 5) is -0.174. The molecule has 0 heterocycles. The summed E-state index contributed by atoms with van der Waals surface area (Å²) in [5.41, 5.74) is 0.118. The fourth-order valence-corrected chi connectivity index (χ4v) is 3.45. The zero-order valence-electron chi connectivity index (χ0n) is 9.70. The molecular weight excluding hydrogens is 348 g/mol. The molecule has 106 valence electrons. The lowest BCUT2D eigenvalue weighted by Gasteiger charge is -2.10. The van der Waals surface area contributed by atoms with Crippen molar-refractivity contribution >= 4 is 50.5 Å². The second kappa shape index (κ2) is 5.77. The van der Waals surface area contributed by atoms with Crippen LogP contribution in [0.3, 0.4) is 0 Å². The Morgan fingerprint density at radius 3 is 2.30 bits per heavy atom. The van der Waals surface area contributed by atoms with Crippen molar-refractivity contribution in [2.45, 2.75) is 4.90 Å². The first-order valence-electron chi connectivity index (χ1n) is 5.22. The minimum Gasteiger partial charge on any atom is -0.280 e. The minimum absolute atomic E-state index is 0.0232. The quantitative estimate of drug-likeness (QED) is 0.876. The Hall–Kier alpha value is -1.01. The molecule has 0 saturated heterocycles. The molecule has 0 amide bonds. The Morgan fingerprint density at radius 2 is 1.65 bits per heavy atom. The highest BCUT2D eigenvalue weighted by Gasteiger charge is 2.19. The van der Waals surface area contributed by atoms with Gasteiger partial charge in [0.05, 0.1) is 15.7 Å². The molecule has 1 N–H and O–H groups in total. The van der Waals surface area contributed by atoms with Crippen molar-refractivity contribution in [1.82, 2.24) is 0 Å². The van der Waals surface area contributed by atoms with Gasteiger partial charge in [0.15, 0.2) is 0 Å². The van der Waals surface area contributed by atoms with Crippen molar-refractivity contribution in [3.05, 3.63) is 57.3 Å². The van der Waals surface area contributed by atoms with E-state index in [0.717, 1.165) is 12.1 Å². The monoisotopic (exact) mass is 353 g/mol. The molecule has 0 saturated carbocycles. The molecule has 2 aromatic carbocycles. The molecule has 0 radical (unpaired) electrons. The second-order valence-electron chi connectivity index (χ2n) is 3.81. The predicted octanol–water partition coefficient (Wildman–Crippen LogP) is 4.59. The highest BCUT2D eigenvalue weighted by atomic mass is 35.5. The molecule has 0 aliphatic rings. The molecule has 0 spiro atoms. The van der Waals surface area contributed by atoms with E-state index in [1.54, 1.807) is 0 Å². The molecule has 3 nitrogen and oxygen atoms in total. The highest BCUT2D eigenvalue weighted by Crippen LogP contribution is 2.28. The summed E-state index contributed by atoms with van der Waals surface area (Å²) in [6.45, 7) is 0. The van der Waals surface area contributed by atoms with E-state index in [2.05, 4.69) is 4.72 Å². The molecular formula is C12H7Cl3FNO2S. The van der Waals surface area contributed by atoms with Gasteiger partial charge in [0.25, 0.3) is 10.0 Å². The minimum atomic E-state index is -3.94. The maximum atomic E-state index is 13.0. The van der Waals surface area contributed by atoms with Gasteiger partial charge in [0.1, 0.15) is 10.7 Å². The van der Waals surface area contributed by atoms with Crippen LogP contribution in [-0.4, -0.2) is 8.42 Å². The van der Waals surface area contributed by atoms with Crippen LogP contribution in [0.2, 0.25) is 15.1 Å². The first kappa shape index (κ1) is 15.4. The van der Waals surface area contributed by atoms with Crippen LogP contribution in [0, 0.1) is 5.82 Å². The van der Waals surface area contributed by atoms with Crippen LogP contribution in [0.15, 0.2) is 41.3 Å². The van der Waals surface area contributed by atoms with Gasteiger partial charge in [-0.25, -0.2) is 12.8 Å². The van der Waals surface area contributed by atoms with E-state index in [0.29, 0.717) is 0 Å². The van der Waals surface area contributed by atoms with Crippen molar-refractivity contribution in [3.63, 3.8) is 0 Å². The van der Waals surface area contributed by atoms with E-state index in [1.807, 2.05) is 0 Å². The Bertz CT molecular complexity index is 765. The van der Waals surface area contributed by atoms with Gasteiger partial charge in [0.2, 0.25) is 0 Å². The molecule has 2 aromatic rings. The second-order valence-corrected chi connectivity index (χ2v) is 6.71. The number of halogens is 4. The molecule has 20 heavy (non-hydrogen) atoms. The lowest BCUT2D eigenvalue weighted by molar-refractivity contribution is 0.601. The number of hydrogen-bond acceptors (Lipinski definition) is 2. The summed E-state index contributed by atoms with van der Waals surface area (Å²) in [7, 11) is -3.94. The average molecular weight is 355 g/mol. The van der Waals surface area contributed by atoms with Crippen LogP contribution in [0.4, 0.5) is 10.1 Å². The Labute approximate surface area is 130 Å². The van der Waals surface area contributed by atoms with Gasteiger partial charge in [0, 0.05) is 5.02 Å². The SMILES string of the molecule is O=S(=O)(Nc1ccc(F)c(Cl)c1)c1cc(Cl)ccc1Cl. The molecule has 0 unspecified atom stereocenters. The van der Waals surface area contributed by atoms with Crippen LogP contribution >= 0.6 is 34.8 Å². The number of nitrogens with one attached hydrogen (secondary N) is 1. The van der Waals surface area contributed by atoms with E-state index < -0.39 is 15.8 Å². The topological polar surface area (TPSA) is 46.2 Å². The van der Waals surface area contributed by atoms with Crippen molar-refractivity contribution < 1.29 is 12.8 Å². The van der Waals surface area contributed by atoms with Crippen molar-refractivity contribution in [2.24, 2.45) is 0 Å². The van der Waals surface area contributed by atoms with E-state index in [9.17, 15) is 12.8 Å². The fourth-order valence-electron chi connectivity index (χ4n) is 1.45. The van der Waals surface area contributed by atoms with E-state index in [-0.39, 0.29) is 25.7 Å². The van der Waals surface area contributed by atoms with Gasteiger partial charge in [-0.1, -0.05) is 34.8 Å². The Kier molecular flexibility index (Phi) is 4.44. The number of hydrogen-bond donors (Lipinski definition) is 1. The lowest BCUT2D eigenvalue weighted by atomic mass is 10.3. The van der Waals surface area contributed by atoms with Crippen molar-refractivity contribution in [1.29, 1.82) is 0 Å². The van der Waals surface area contributed by atoms with Gasteiger partial charge < -0.3 is 0 Å². The summed E-state index contributed by atoms with van der Waals surface area (Å²) in [6, 6.07) is 7.52. The summed E-state index contributed by atoms with van der Waals surface area (Å²) in [6.07, 6.45) is 0. The largest absolute Gasteiger partial charge is 0.280 e. The average Bonchev–Trinajstić information content (AvgIpc) is 2.36. The van der Waals surface area contributed by atoms with E-state index in [4.69, 9.17) is 34.8 Å². The van der Waals surface area contributed by atoms with Crippen LogP contribution in [-0.2, 0) is 10.0 Å². The zero-order valence-corrected chi connectivity index (χ0v) is 12.8. The summed E-state index contributed by atoms with van der Waals surface area (Å²) in [5.74, 6) is -0.643. The first-order valence-corrected chi connectivity index (χ1v) is 7.84. The molecule has 8 heteroatoms. The third kappa shape index (κ3) is 3.35. The zero-order chi connectivity index (χ0) is 14.9. The highest BCUT2D eigenvalue weighted by molar-refractivity contribution is 7.92.